The third-order valence-electron chi connectivity index (χ3n) is 4.55. The van der Waals surface area contributed by atoms with Crippen molar-refractivity contribution in [3.05, 3.63) is 68.6 Å². The molecule has 0 radical (unpaired) electrons. The molecule has 1 aromatic carbocycles. The van der Waals surface area contributed by atoms with E-state index in [2.05, 4.69) is 42.0 Å². The van der Waals surface area contributed by atoms with Crippen LogP contribution in [0.25, 0.3) is 17.8 Å². The molecule has 5 nitrogen and oxygen atoms in total. The van der Waals surface area contributed by atoms with Crippen molar-refractivity contribution in [2.75, 3.05) is 14.2 Å². The Hall–Kier alpha value is -3.21. The molecule has 3 heterocycles. The average molecular weight is 347 g/mol. The third kappa shape index (κ3) is 2.81. The summed E-state index contributed by atoms with van der Waals surface area (Å²) in [6.45, 7) is 4.14. The number of nitrogens with one attached hydrogen (secondary N) is 2. The molecule has 0 aliphatic carbocycles. The lowest BCUT2D eigenvalue weighted by molar-refractivity contribution is 0.412. The van der Waals surface area contributed by atoms with Crippen molar-refractivity contribution < 1.29 is 9.47 Å². The number of methoxy groups -OCH3 is 2. The summed E-state index contributed by atoms with van der Waals surface area (Å²) in [6, 6.07) is 9.99. The third-order valence-corrected chi connectivity index (χ3v) is 4.55. The van der Waals surface area contributed by atoms with E-state index < -0.39 is 0 Å². The van der Waals surface area contributed by atoms with Gasteiger partial charge in [0, 0.05) is 22.7 Å². The quantitative estimate of drug-likeness (QED) is 0.743. The van der Waals surface area contributed by atoms with Crippen LogP contribution >= 0.6 is 0 Å². The summed E-state index contributed by atoms with van der Waals surface area (Å²) in [4.78, 5) is 11.5. The maximum Gasteiger partial charge on any atom is 0.144 e. The molecule has 132 valence electrons. The summed E-state index contributed by atoms with van der Waals surface area (Å²) in [5, 5.41) is 3.83. The number of benzene rings is 1. The topological polar surface area (TPSA) is 62.4 Å². The first-order valence-electron chi connectivity index (χ1n) is 8.47. The zero-order valence-electron chi connectivity index (χ0n) is 15.3. The predicted molar refractivity (Wildman–Crippen MR) is 102 cm³/mol. The van der Waals surface area contributed by atoms with Gasteiger partial charge in [-0.2, -0.15) is 0 Å². The number of aromatic nitrogens is 2. The van der Waals surface area contributed by atoms with Crippen molar-refractivity contribution >= 4 is 17.8 Å². The molecule has 1 aliphatic heterocycles. The summed E-state index contributed by atoms with van der Waals surface area (Å²) in [7, 11) is 3.34. The zero-order valence-corrected chi connectivity index (χ0v) is 15.3. The Morgan fingerprint density at radius 2 is 1.85 bits per heavy atom. The number of hydrogen-bond donors (Lipinski definition) is 2. The van der Waals surface area contributed by atoms with Crippen LogP contribution in [0.5, 0.6) is 11.5 Å². The molecule has 0 bridgehead atoms. The monoisotopic (exact) mass is 347 g/mol. The fourth-order valence-corrected chi connectivity index (χ4v) is 3.23. The first kappa shape index (κ1) is 16.3. The second-order valence-electron chi connectivity index (χ2n) is 6.42. The highest BCUT2D eigenvalue weighted by atomic mass is 16.5. The first-order valence-corrected chi connectivity index (χ1v) is 8.47. The minimum absolute atomic E-state index is 0.788. The van der Waals surface area contributed by atoms with Gasteiger partial charge in [0.05, 0.1) is 36.0 Å². The normalized spacial score (nSPS) is 15.5. The first-order chi connectivity index (χ1) is 12.6. The van der Waals surface area contributed by atoms with Gasteiger partial charge in [0.15, 0.2) is 0 Å². The number of H-pyrrole nitrogens is 2. The number of fused-ring (bicyclic) bond motifs is 1. The van der Waals surface area contributed by atoms with Crippen LogP contribution in [-0.4, -0.2) is 24.2 Å². The minimum Gasteiger partial charge on any atom is -0.497 e. The van der Waals surface area contributed by atoms with Crippen LogP contribution in [0.1, 0.15) is 17.0 Å². The van der Waals surface area contributed by atoms with Gasteiger partial charge in [-0.3, -0.25) is 0 Å². The van der Waals surface area contributed by atoms with Gasteiger partial charge in [0.1, 0.15) is 11.5 Å². The van der Waals surface area contributed by atoms with Crippen molar-refractivity contribution in [2.45, 2.75) is 13.8 Å². The lowest BCUT2D eigenvalue weighted by Crippen LogP contribution is -2.20. The molecule has 2 aromatic heterocycles. The van der Waals surface area contributed by atoms with E-state index >= 15 is 0 Å². The van der Waals surface area contributed by atoms with Crippen molar-refractivity contribution in [1.82, 2.24) is 9.97 Å². The standard InChI is InChI=1S/C21H21N3O2/c1-12-7-13(2)22-17(12)10-20-21(26-4)11-19(24-20)18-9-14-8-15(25-3)5-6-16(14)23-18/h5-11,22,24H,1-4H3/b19-18-,20-10?. The Morgan fingerprint density at radius 1 is 1.00 bits per heavy atom. The zero-order chi connectivity index (χ0) is 18.3. The maximum atomic E-state index is 5.55. The summed E-state index contributed by atoms with van der Waals surface area (Å²) in [5.41, 5.74) is 4.28. The van der Waals surface area contributed by atoms with E-state index in [1.54, 1.807) is 14.2 Å². The Bertz CT molecular complexity index is 1230. The molecular formula is C21H21N3O2. The summed E-state index contributed by atoms with van der Waals surface area (Å²) < 4.78 is 10.8. The van der Waals surface area contributed by atoms with Crippen LogP contribution in [0.3, 0.4) is 0 Å². The molecule has 0 saturated heterocycles. The summed E-state index contributed by atoms with van der Waals surface area (Å²) in [6.07, 6.45) is 4.12. The fraction of sp³-hybridized carbons (Fsp3) is 0.190. The van der Waals surface area contributed by atoms with Gasteiger partial charge in [0.25, 0.3) is 0 Å². The van der Waals surface area contributed by atoms with E-state index in [4.69, 9.17) is 14.5 Å². The smallest absolute Gasteiger partial charge is 0.144 e. The number of ether oxygens (including phenoxy) is 2. The van der Waals surface area contributed by atoms with Gasteiger partial charge in [-0.05, 0) is 55.8 Å². The largest absolute Gasteiger partial charge is 0.497 e. The second-order valence-corrected chi connectivity index (χ2v) is 6.42. The molecule has 0 atom stereocenters. The number of hydrogen-bond acceptors (Lipinski definition) is 3. The van der Waals surface area contributed by atoms with Crippen LogP contribution in [0.15, 0.2) is 35.3 Å². The molecule has 3 aromatic rings. The molecule has 0 amide bonds. The molecule has 2 N–H and O–H groups in total. The van der Waals surface area contributed by atoms with E-state index in [0.29, 0.717) is 0 Å². The minimum atomic E-state index is 0.788. The molecule has 26 heavy (non-hydrogen) atoms. The SMILES string of the molecule is COc1ccc2c(c1)=C/C(=c1\cc(OC)c(=Cc3[nH]c(C)cc3C)[nH]1)N=2. The number of rotatable bonds is 3. The van der Waals surface area contributed by atoms with Gasteiger partial charge in [0.2, 0.25) is 0 Å². The Kier molecular flexibility index (Phi) is 3.92. The number of nitrogens with zero attached hydrogens (tertiary/aromatic N) is 1. The van der Waals surface area contributed by atoms with Crippen LogP contribution in [-0.2, 0) is 0 Å². The van der Waals surface area contributed by atoms with Crippen LogP contribution in [0.2, 0.25) is 0 Å². The number of aryl methyl sites for hydroxylation is 2. The van der Waals surface area contributed by atoms with Gasteiger partial charge in [-0.1, -0.05) is 0 Å². The van der Waals surface area contributed by atoms with Gasteiger partial charge >= 0.3 is 0 Å². The van der Waals surface area contributed by atoms with E-state index in [1.807, 2.05) is 24.3 Å². The fourth-order valence-electron chi connectivity index (χ4n) is 3.23. The lowest BCUT2D eigenvalue weighted by atomic mass is 10.2. The molecular weight excluding hydrogens is 326 g/mol. The van der Waals surface area contributed by atoms with E-state index in [0.717, 1.165) is 49.9 Å². The second kappa shape index (κ2) is 6.26. The number of aromatic amines is 2. The Morgan fingerprint density at radius 3 is 2.54 bits per heavy atom. The molecule has 4 rings (SSSR count). The summed E-state index contributed by atoms with van der Waals surface area (Å²) >= 11 is 0. The maximum absolute atomic E-state index is 5.55. The molecule has 0 unspecified atom stereocenters. The predicted octanol–water partition coefficient (Wildman–Crippen LogP) is 1.03. The van der Waals surface area contributed by atoms with Crippen LogP contribution in [0.4, 0.5) is 0 Å². The highest BCUT2D eigenvalue weighted by molar-refractivity contribution is 5.77. The van der Waals surface area contributed by atoms with Gasteiger partial charge < -0.3 is 19.4 Å². The van der Waals surface area contributed by atoms with Gasteiger partial charge in [-0.15, -0.1) is 0 Å². The Labute approximate surface area is 151 Å². The van der Waals surface area contributed by atoms with Crippen molar-refractivity contribution in [3.63, 3.8) is 0 Å². The molecule has 0 saturated carbocycles. The van der Waals surface area contributed by atoms with Crippen molar-refractivity contribution in [2.24, 2.45) is 4.99 Å². The van der Waals surface area contributed by atoms with E-state index in [9.17, 15) is 0 Å². The Balaban J connectivity index is 1.89. The average Bonchev–Trinajstić information content (AvgIpc) is 3.31. The van der Waals surface area contributed by atoms with Crippen LogP contribution in [0, 0.1) is 13.8 Å². The lowest BCUT2D eigenvalue weighted by Gasteiger charge is -1.95. The highest BCUT2D eigenvalue weighted by Gasteiger charge is 2.07. The van der Waals surface area contributed by atoms with E-state index in [-0.39, 0.29) is 0 Å². The van der Waals surface area contributed by atoms with Crippen molar-refractivity contribution in [1.29, 1.82) is 0 Å². The van der Waals surface area contributed by atoms with Crippen LogP contribution < -0.4 is 30.7 Å². The molecule has 1 aliphatic rings. The van der Waals surface area contributed by atoms with Gasteiger partial charge in [-0.25, -0.2) is 4.99 Å². The van der Waals surface area contributed by atoms with Crippen molar-refractivity contribution in [3.8, 4) is 11.5 Å². The molecule has 5 heteroatoms. The highest BCUT2D eigenvalue weighted by Crippen LogP contribution is 2.11. The summed E-state index contributed by atoms with van der Waals surface area (Å²) in [5.74, 6) is 1.61. The van der Waals surface area contributed by atoms with E-state index in [1.165, 1.54) is 5.56 Å². The molecule has 0 fully saturated rings. The molecule has 0 spiro atoms.